The molecule has 2 nitrogen and oxygen atoms in total. The van der Waals surface area contributed by atoms with Gasteiger partial charge in [0, 0.05) is 5.56 Å². The highest BCUT2D eigenvalue weighted by Gasteiger charge is 2.07. The van der Waals surface area contributed by atoms with Crippen LogP contribution in [0, 0.1) is 0 Å². The molecular weight excluding hydrogens is 200 g/mol. The van der Waals surface area contributed by atoms with Crippen molar-refractivity contribution in [2.75, 3.05) is 6.61 Å². The van der Waals surface area contributed by atoms with Crippen LogP contribution in [0.15, 0.2) is 36.4 Å². The lowest BCUT2D eigenvalue weighted by Crippen LogP contribution is -1.97. The maximum atomic E-state index is 11.6. The third-order valence-electron chi connectivity index (χ3n) is 2.53. The molecule has 16 heavy (non-hydrogen) atoms. The molecule has 0 aliphatic heterocycles. The Balaban J connectivity index is 2.68. The summed E-state index contributed by atoms with van der Waals surface area (Å²) in [7, 11) is 0. The van der Waals surface area contributed by atoms with Crippen LogP contribution in [0.1, 0.15) is 24.2 Å². The highest BCUT2D eigenvalue weighted by Crippen LogP contribution is 2.25. The molecule has 2 aromatic rings. The zero-order valence-electron chi connectivity index (χ0n) is 9.49. The second-order valence-corrected chi connectivity index (χ2v) is 3.68. The van der Waals surface area contributed by atoms with Crippen LogP contribution >= 0.6 is 0 Å². The minimum Gasteiger partial charge on any atom is -0.494 e. The predicted molar refractivity (Wildman–Crippen MR) is 65.1 cm³/mol. The summed E-state index contributed by atoms with van der Waals surface area (Å²) >= 11 is 0. The van der Waals surface area contributed by atoms with Crippen molar-refractivity contribution in [2.24, 2.45) is 0 Å². The summed E-state index contributed by atoms with van der Waals surface area (Å²) in [6.07, 6.45) is 0. The molecule has 82 valence electrons. The van der Waals surface area contributed by atoms with E-state index in [-0.39, 0.29) is 5.78 Å². The van der Waals surface area contributed by atoms with Crippen molar-refractivity contribution in [2.45, 2.75) is 13.8 Å². The summed E-state index contributed by atoms with van der Waals surface area (Å²) < 4.78 is 5.45. The van der Waals surface area contributed by atoms with Crippen molar-refractivity contribution in [3.63, 3.8) is 0 Å². The Morgan fingerprint density at radius 1 is 1.25 bits per heavy atom. The lowest BCUT2D eigenvalue weighted by atomic mass is 10.0. The van der Waals surface area contributed by atoms with Gasteiger partial charge in [-0.15, -0.1) is 0 Å². The van der Waals surface area contributed by atoms with Crippen LogP contribution in [0.5, 0.6) is 5.75 Å². The monoisotopic (exact) mass is 214 g/mol. The van der Waals surface area contributed by atoms with E-state index in [0.717, 1.165) is 22.1 Å². The topological polar surface area (TPSA) is 26.3 Å². The molecular formula is C14H14O2. The highest BCUT2D eigenvalue weighted by atomic mass is 16.5. The van der Waals surface area contributed by atoms with Gasteiger partial charge in [-0.3, -0.25) is 4.79 Å². The fourth-order valence-electron chi connectivity index (χ4n) is 1.82. The molecule has 0 radical (unpaired) electrons. The van der Waals surface area contributed by atoms with Crippen molar-refractivity contribution < 1.29 is 9.53 Å². The quantitative estimate of drug-likeness (QED) is 0.731. The molecule has 0 N–H and O–H groups in total. The summed E-state index contributed by atoms with van der Waals surface area (Å²) in [5.41, 5.74) is 0.724. The van der Waals surface area contributed by atoms with Gasteiger partial charge in [-0.05, 0) is 36.8 Å². The molecule has 0 atom stereocenters. The number of carbonyl (C=O) groups excluding carboxylic acids is 1. The van der Waals surface area contributed by atoms with Gasteiger partial charge < -0.3 is 4.74 Å². The fraction of sp³-hybridized carbons (Fsp3) is 0.214. The molecule has 0 saturated heterocycles. The van der Waals surface area contributed by atoms with E-state index in [4.69, 9.17) is 4.74 Å². The number of carbonyl (C=O) groups is 1. The van der Waals surface area contributed by atoms with Crippen LogP contribution in [0.4, 0.5) is 0 Å². The van der Waals surface area contributed by atoms with E-state index in [0.29, 0.717) is 6.61 Å². The van der Waals surface area contributed by atoms with Crippen molar-refractivity contribution in [1.82, 2.24) is 0 Å². The summed E-state index contributed by atoms with van der Waals surface area (Å²) in [5, 5.41) is 2.03. The van der Waals surface area contributed by atoms with Gasteiger partial charge in [0.2, 0.25) is 0 Å². The SMILES string of the molecule is CCOc1cc(C(C)=O)c2ccccc2c1. The van der Waals surface area contributed by atoms with Gasteiger partial charge in [-0.1, -0.05) is 24.3 Å². The Morgan fingerprint density at radius 3 is 2.69 bits per heavy atom. The fourth-order valence-corrected chi connectivity index (χ4v) is 1.82. The predicted octanol–water partition coefficient (Wildman–Crippen LogP) is 3.44. The minimum absolute atomic E-state index is 0.0674. The van der Waals surface area contributed by atoms with Gasteiger partial charge >= 0.3 is 0 Å². The average Bonchev–Trinajstić information content (AvgIpc) is 2.28. The van der Waals surface area contributed by atoms with Crippen molar-refractivity contribution >= 4 is 16.6 Å². The first-order valence-electron chi connectivity index (χ1n) is 5.39. The third-order valence-corrected chi connectivity index (χ3v) is 2.53. The first-order chi connectivity index (χ1) is 7.72. The number of ether oxygens (including phenoxy) is 1. The number of ketones is 1. The molecule has 0 bridgehead atoms. The molecule has 0 aromatic heterocycles. The number of hydrogen-bond donors (Lipinski definition) is 0. The van der Waals surface area contributed by atoms with Crippen LogP contribution in [0.3, 0.4) is 0 Å². The second-order valence-electron chi connectivity index (χ2n) is 3.68. The molecule has 0 aliphatic carbocycles. The first kappa shape index (κ1) is 10.7. The first-order valence-corrected chi connectivity index (χ1v) is 5.39. The number of rotatable bonds is 3. The lowest BCUT2D eigenvalue weighted by molar-refractivity contribution is 0.101. The molecule has 0 spiro atoms. The van der Waals surface area contributed by atoms with E-state index < -0.39 is 0 Å². The summed E-state index contributed by atoms with van der Waals surface area (Å²) in [6.45, 7) is 4.12. The molecule has 0 amide bonds. The van der Waals surface area contributed by atoms with Gasteiger partial charge in [-0.25, -0.2) is 0 Å². The molecule has 0 aliphatic rings. The van der Waals surface area contributed by atoms with Crippen LogP contribution in [0.25, 0.3) is 10.8 Å². The minimum atomic E-state index is 0.0674. The van der Waals surface area contributed by atoms with Crippen molar-refractivity contribution in [3.05, 3.63) is 42.0 Å². The average molecular weight is 214 g/mol. The Hall–Kier alpha value is -1.83. The van der Waals surface area contributed by atoms with E-state index >= 15 is 0 Å². The molecule has 2 heteroatoms. The smallest absolute Gasteiger partial charge is 0.160 e. The third kappa shape index (κ3) is 1.91. The normalized spacial score (nSPS) is 10.4. The van der Waals surface area contributed by atoms with Gasteiger partial charge in [0.15, 0.2) is 5.78 Å². The zero-order valence-corrected chi connectivity index (χ0v) is 9.49. The van der Waals surface area contributed by atoms with Gasteiger partial charge in [0.25, 0.3) is 0 Å². The largest absolute Gasteiger partial charge is 0.494 e. The maximum absolute atomic E-state index is 11.6. The highest BCUT2D eigenvalue weighted by molar-refractivity contribution is 6.07. The van der Waals surface area contributed by atoms with Gasteiger partial charge in [0.1, 0.15) is 5.75 Å². The van der Waals surface area contributed by atoms with E-state index in [1.54, 1.807) is 6.92 Å². The number of hydrogen-bond acceptors (Lipinski definition) is 2. The number of Topliss-reactive ketones (excluding diaryl/α,β-unsaturated/α-hetero) is 1. The van der Waals surface area contributed by atoms with Crippen LogP contribution in [-0.2, 0) is 0 Å². The maximum Gasteiger partial charge on any atom is 0.160 e. The van der Waals surface area contributed by atoms with Crippen molar-refractivity contribution in [3.8, 4) is 5.75 Å². The molecule has 2 aromatic carbocycles. The van der Waals surface area contributed by atoms with Crippen LogP contribution in [-0.4, -0.2) is 12.4 Å². The van der Waals surface area contributed by atoms with Crippen molar-refractivity contribution in [1.29, 1.82) is 0 Å². The molecule has 0 unspecified atom stereocenters. The zero-order chi connectivity index (χ0) is 11.5. The van der Waals surface area contributed by atoms with Gasteiger partial charge in [-0.2, -0.15) is 0 Å². The summed E-state index contributed by atoms with van der Waals surface area (Å²) in [5.74, 6) is 0.823. The van der Waals surface area contributed by atoms with Crippen LogP contribution < -0.4 is 4.74 Å². The number of fused-ring (bicyclic) bond motifs is 1. The van der Waals surface area contributed by atoms with E-state index in [1.165, 1.54) is 0 Å². The Labute approximate surface area is 94.8 Å². The Kier molecular flexibility index (Phi) is 2.91. The standard InChI is InChI=1S/C14H14O2/c1-3-16-12-8-11-6-4-5-7-13(11)14(9-12)10(2)15/h4-9H,3H2,1-2H3. The molecule has 0 heterocycles. The number of benzene rings is 2. The summed E-state index contributed by atoms with van der Waals surface area (Å²) in [4.78, 5) is 11.6. The van der Waals surface area contributed by atoms with E-state index in [9.17, 15) is 4.79 Å². The summed E-state index contributed by atoms with van der Waals surface area (Å²) in [6, 6.07) is 11.6. The Bertz CT molecular complexity index is 529. The Morgan fingerprint density at radius 2 is 2.00 bits per heavy atom. The van der Waals surface area contributed by atoms with Crippen LogP contribution in [0.2, 0.25) is 0 Å². The molecule has 0 fully saturated rings. The van der Waals surface area contributed by atoms with Gasteiger partial charge in [0.05, 0.1) is 6.61 Å². The van der Waals surface area contributed by atoms with E-state index in [2.05, 4.69) is 0 Å². The second kappa shape index (κ2) is 4.35. The lowest BCUT2D eigenvalue weighted by Gasteiger charge is -2.08. The molecule has 2 rings (SSSR count). The molecule has 0 saturated carbocycles. The van der Waals surface area contributed by atoms with E-state index in [1.807, 2.05) is 43.3 Å².